The highest BCUT2D eigenvalue weighted by molar-refractivity contribution is 9.10. The fourth-order valence-electron chi connectivity index (χ4n) is 2.25. The summed E-state index contributed by atoms with van der Waals surface area (Å²) in [6.07, 6.45) is 1.50. The minimum absolute atomic E-state index is 0.0426. The monoisotopic (exact) mass is 411 g/mol. The van der Waals surface area contributed by atoms with E-state index in [0.717, 1.165) is 15.7 Å². The summed E-state index contributed by atoms with van der Waals surface area (Å²) in [7, 11) is 0. The molecule has 1 heterocycles. The lowest BCUT2D eigenvalue weighted by atomic mass is 10.1. The van der Waals surface area contributed by atoms with E-state index in [4.69, 9.17) is 0 Å². The molecule has 3 rings (SSSR count). The van der Waals surface area contributed by atoms with Gasteiger partial charge in [-0.15, -0.1) is 11.3 Å². The van der Waals surface area contributed by atoms with Gasteiger partial charge in [0.25, 0.3) is 5.69 Å². The first kappa shape index (κ1) is 17.0. The Morgan fingerprint density at radius 1 is 1.28 bits per heavy atom. The number of hydrogen-bond donors (Lipinski definition) is 0. The predicted octanol–water partition coefficient (Wildman–Crippen LogP) is 5.54. The lowest BCUT2D eigenvalue weighted by Gasteiger charge is -1.99. The zero-order chi connectivity index (χ0) is 17.8. The van der Waals surface area contributed by atoms with Crippen molar-refractivity contribution in [1.82, 2.24) is 4.98 Å². The fourth-order valence-corrected chi connectivity index (χ4v) is 3.44. The van der Waals surface area contributed by atoms with Crippen LogP contribution in [0.4, 0.5) is 5.69 Å². The molecule has 0 fully saturated rings. The Morgan fingerprint density at radius 3 is 2.80 bits per heavy atom. The van der Waals surface area contributed by atoms with Crippen molar-refractivity contribution in [3.8, 4) is 17.3 Å². The van der Waals surface area contributed by atoms with Crippen LogP contribution in [0.2, 0.25) is 0 Å². The second kappa shape index (κ2) is 7.38. The Bertz CT molecular complexity index is 1020. The number of benzene rings is 2. The van der Waals surface area contributed by atoms with Gasteiger partial charge in [0.15, 0.2) is 0 Å². The maximum absolute atomic E-state index is 11.1. The number of allylic oxidation sites excluding steroid dienone is 1. The fraction of sp³-hybridized carbons (Fsp3) is 0. The van der Waals surface area contributed by atoms with Gasteiger partial charge in [0.2, 0.25) is 0 Å². The van der Waals surface area contributed by atoms with E-state index in [1.54, 1.807) is 18.2 Å². The minimum atomic E-state index is -0.463. The summed E-state index contributed by atoms with van der Waals surface area (Å²) in [6.45, 7) is 0. The van der Waals surface area contributed by atoms with E-state index in [0.29, 0.717) is 16.1 Å². The van der Waals surface area contributed by atoms with Crippen molar-refractivity contribution in [1.29, 1.82) is 5.26 Å². The molecule has 0 aliphatic rings. The summed E-state index contributed by atoms with van der Waals surface area (Å²) in [5, 5.41) is 23.0. The number of nitrogens with zero attached hydrogens (tertiary/aromatic N) is 3. The highest BCUT2D eigenvalue weighted by atomic mass is 79.9. The van der Waals surface area contributed by atoms with Crippen molar-refractivity contribution in [2.75, 3.05) is 0 Å². The molecular weight excluding hydrogens is 402 g/mol. The Kier molecular flexibility index (Phi) is 5.03. The van der Waals surface area contributed by atoms with Crippen LogP contribution in [0.5, 0.6) is 0 Å². The molecule has 3 aromatic rings. The minimum Gasteiger partial charge on any atom is -0.258 e. The van der Waals surface area contributed by atoms with Crippen molar-refractivity contribution in [2.24, 2.45) is 0 Å². The van der Waals surface area contributed by atoms with Crippen LogP contribution < -0.4 is 0 Å². The molecule has 0 saturated carbocycles. The highest BCUT2D eigenvalue weighted by Gasteiger charge is 2.14. The van der Waals surface area contributed by atoms with Gasteiger partial charge in [0, 0.05) is 21.5 Å². The number of nitro groups is 1. The zero-order valence-corrected chi connectivity index (χ0v) is 15.1. The standard InChI is InChI=1S/C18H10BrN3O2S/c19-15-6-3-5-12(9-15)16-11-25-18(21-16)14(10-20)8-13-4-1-2-7-17(13)22(23)24/h1-9,11H/b14-8+. The molecule has 0 atom stereocenters. The number of nitro benzene ring substituents is 1. The number of halogens is 1. The topological polar surface area (TPSA) is 79.8 Å². The molecule has 0 saturated heterocycles. The van der Waals surface area contributed by atoms with Crippen molar-refractivity contribution in [2.45, 2.75) is 0 Å². The van der Waals surface area contributed by atoms with Crippen molar-refractivity contribution < 1.29 is 4.92 Å². The van der Waals surface area contributed by atoms with E-state index in [1.165, 1.54) is 23.5 Å². The first-order valence-electron chi connectivity index (χ1n) is 7.15. The third-order valence-electron chi connectivity index (χ3n) is 3.41. The van der Waals surface area contributed by atoms with Gasteiger partial charge in [-0.05, 0) is 24.3 Å². The second-order valence-electron chi connectivity index (χ2n) is 5.03. The van der Waals surface area contributed by atoms with Crippen molar-refractivity contribution in [3.63, 3.8) is 0 Å². The molecule has 0 bridgehead atoms. The first-order valence-corrected chi connectivity index (χ1v) is 8.83. The van der Waals surface area contributed by atoms with Crippen molar-refractivity contribution >= 4 is 44.6 Å². The largest absolute Gasteiger partial charge is 0.276 e. The molecule has 1 aromatic heterocycles. The molecule has 5 nitrogen and oxygen atoms in total. The van der Waals surface area contributed by atoms with Gasteiger partial charge >= 0.3 is 0 Å². The van der Waals surface area contributed by atoms with E-state index in [-0.39, 0.29) is 5.69 Å². The summed E-state index contributed by atoms with van der Waals surface area (Å²) in [5.74, 6) is 0. The van der Waals surface area contributed by atoms with Gasteiger partial charge in [-0.3, -0.25) is 10.1 Å². The summed E-state index contributed by atoms with van der Waals surface area (Å²) in [4.78, 5) is 15.2. The predicted molar refractivity (Wildman–Crippen MR) is 102 cm³/mol. The van der Waals surface area contributed by atoms with Crippen LogP contribution in [0.1, 0.15) is 10.6 Å². The summed E-state index contributed by atoms with van der Waals surface area (Å²) in [6, 6.07) is 16.1. The quantitative estimate of drug-likeness (QED) is 0.320. The summed E-state index contributed by atoms with van der Waals surface area (Å²) in [5.41, 5.74) is 2.31. The Labute approximate surface area is 156 Å². The highest BCUT2D eigenvalue weighted by Crippen LogP contribution is 2.30. The molecular formula is C18H10BrN3O2S. The van der Waals surface area contributed by atoms with Crippen molar-refractivity contribution in [3.05, 3.63) is 79.1 Å². The average molecular weight is 412 g/mol. The van der Waals surface area contributed by atoms with Crippen LogP contribution in [0.15, 0.2) is 58.4 Å². The van der Waals surface area contributed by atoms with Gasteiger partial charge < -0.3 is 0 Å². The summed E-state index contributed by atoms with van der Waals surface area (Å²) < 4.78 is 0.940. The second-order valence-corrected chi connectivity index (χ2v) is 6.81. The van der Waals surface area contributed by atoms with Gasteiger partial charge in [0.1, 0.15) is 11.1 Å². The van der Waals surface area contributed by atoms with E-state index in [9.17, 15) is 15.4 Å². The van der Waals surface area contributed by atoms with E-state index < -0.39 is 4.92 Å². The van der Waals surface area contributed by atoms with E-state index in [1.807, 2.05) is 29.6 Å². The SMILES string of the molecule is N#C/C(=C\c1ccccc1[N+](=O)[O-])c1nc(-c2cccc(Br)c2)cs1. The molecule has 0 amide bonds. The average Bonchev–Trinajstić information content (AvgIpc) is 3.10. The number of thiazole rings is 1. The maximum Gasteiger partial charge on any atom is 0.276 e. The van der Waals surface area contributed by atoms with Gasteiger partial charge in [-0.25, -0.2) is 4.98 Å². The molecule has 7 heteroatoms. The van der Waals surface area contributed by atoms with Crippen LogP contribution in [0, 0.1) is 21.4 Å². The molecule has 0 aliphatic heterocycles. The smallest absolute Gasteiger partial charge is 0.258 e. The molecule has 0 unspecified atom stereocenters. The molecule has 25 heavy (non-hydrogen) atoms. The van der Waals surface area contributed by atoms with E-state index >= 15 is 0 Å². The first-order chi connectivity index (χ1) is 12.1. The van der Waals surface area contributed by atoms with Gasteiger partial charge in [-0.2, -0.15) is 5.26 Å². The third-order valence-corrected chi connectivity index (χ3v) is 4.78. The Hall–Kier alpha value is -2.82. The lowest BCUT2D eigenvalue weighted by molar-refractivity contribution is -0.385. The van der Waals surface area contributed by atoms with Crippen LogP contribution >= 0.6 is 27.3 Å². The lowest BCUT2D eigenvalue weighted by Crippen LogP contribution is -1.91. The van der Waals surface area contributed by atoms with Crippen LogP contribution in [0.25, 0.3) is 22.9 Å². The number of nitriles is 1. The number of aromatic nitrogens is 1. The van der Waals surface area contributed by atoms with Gasteiger partial charge in [0.05, 0.1) is 21.8 Å². The van der Waals surface area contributed by atoms with Crippen LogP contribution in [-0.4, -0.2) is 9.91 Å². The Morgan fingerprint density at radius 2 is 2.08 bits per heavy atom. The molecule has 0 radical (unpaired) electrons. The molecule has 0 aliphatic carbocycles. The number of para-hydroxylation sites is 1. The van der Waals surface area contributed by atoms with Crippen LogP contribution in [0.3, 0.4) is 0 Å². The number of rotatable bonds is 4. The zero-order valence-electron chi connectivity index (χ0n) is 12.7. The third kappa shape index (κ3) is 3.82. The summed E-state index contributed by atoms with van der Waals surface area (Å²) >= 11 is 4.75. The maximum atomic E-state index is 11.1. The number of hydrogen-bond acceptors (Lipinski definition) is 5. The molecule has 0 spiro atoms. The Balaban J connectivity index is 2.01. The molecule has 122 valence electrons. The molecule has 0 N–H and O–H groups in total. The van der Waals surface area contributed by atoms with Crippen LogP contribution in [-0.2, 0) is 0 Å². The molecule has 2 aromatic carbocycles. The van der Waals surface area contributed by atoms with Gasteiger partial charge in [-0.1, -0.05) is 40.2 Å². The normalized spacial score (nSPS) is 11.1. The van der Waals surface area contributed by atoms with E-state index in [2.05, 4.69) is 27.0 Å².